The maximum Gasteiger partial charge on any atom is 0.224 e. The predicted molar refractivity (Wildman–Crippen MR) is 85.4 cm³/mol. The lowest BCUT2D eigenvalue weighted by molar-refractivity contribution is -0.120. The SMILES string of the molecule is CCc1ccc2occ(CC(=O)NCc3cccnc3)c2c1. The quantitative estimate of drug-likeness (QED) is 0.786. The Labute approximate surface area is 129 Å². The minimum absolute atomic E-state index is 0.0199. The zero-order valence-electron chi connectivity index (χ0n) is 12.5. The van der Waals surface area contributed by atoms with Gasteiger partial charge >= 0.3 is 0 Å². The molecule has 1 amide bonds. The van der Waals surface area contributed by atoms with E-state index in [1.165, 1.54) is 5.56 Å². The summed E-state index contributed by atoms with van der Waals surface area (Å²) in [6.07, 6.45) is 6.43. The van der Waals surface area contributed by atoms with E-state index in [-0.39, 0.29) is 5.91 Å². The van der Waals surface area contributed by atoms with Gasteiger partial charge in [0, 0.05) is 29.9 Å². The largest absolute Gasteiger partial charge is 0.464 e. The molecule has 0 bridgehead atoms. The summed E-state index contributed by atoms with van der Waals surface area (Å²) in [5, 5.41) is 3.93. The number of carbonyl (C=O) groups excluding carboxylic acids is 1. The van der Waals surface area contributed by atoms with E-state index in [1.807, 2.05) is 18.2 Å². The smallest absolute Gasteiger partial charge is 0.224 e. The van der Waals surface area contributed by atoms with E-state index in [0.717, 1.165) is 28.5 Å². The first-order valence-corrected chi connectivity index (χ1v) is 7.41. The van der Waals surface area contributed by atoms with E-state index < -0.39 is 0 Å². The first-order chi connectivity index (χ1) is 10.8. The summed E-state index contributed by atoms with van der Waals surface area (Å²) in [6.45, 7) is 2.60. The molecule has 0 saturated carbocycles. The highest BCUT2D eigenvalue weighted by atomic mass is 16.3. The van der Waals surface area contributed by atoms with Crippen LogP contribution in [0.2, 0.25) is 0 Å². The summed E-state index contributed by atoms with van der Waals surface area (Å²) in [5.41, 5.74) is 3.98. The van der Waals surface area contributed by atoms with E-state index in [9.17, 15) is 4.79 Å². The fraction of sp³-hybridized carbons (Fsp3) is 0.222. The monoisotopic (exact) mass is 294 g/mol. The second-order valence-corrected chi connectivity index (χ2v) is 5.26. The van der Waals surface area contributed by atoms with Crippen molar-refractivity contribution < 1.29 is 9.21 Å². The van der Waals surface area contributed by atoms with Gasteiger partial charge in [0.25, 0.3) is 0 Å². The van der Waals surface area contributed by atoms with Crippen LogP contribution in [0.3, 0.4) is 0 Å². The van der Waals surface area contributed by atoms with Crippen molar-refractivity contribution in [1.29, 1.82) is 0 Å². The van der Waals surface area contributed by atoms with Crippen LogP contribution in [-0.2, 0) is 24.2 Å². The maximum atomic E-state index is 12.1. The van der Waals surface area contributed by atoms with Crippen molar-refractivity contribution in [3.8, 4) is 0 Å². The number of carbonyl (C=O) groups is 1. The molecular weight excluding hydrogens is 276 g/mol. The van der Waals surface area contributed by atoms with Crippen molar-refractivity contribution >= 4 is 16.9 Å². The number of aromatic nitrogens is 1. The van der Waals surface area contributed by atoms with Crippen LogP contribution in [0.25, 0.3) is 11.0 Å². The molecule has 3 rings (SSSR count). The molecule has 0 atom stereocenters. The Hall–Kier alpha value is -2.62. The average molecular weight is 294 g/mol. The molecule has 0 spiro atoms. The van der Waals surface area contributed by atoms with Gasteiger partial charge in [-0.2, -0.15) is 0 Å². The molecule has 0 aliphatic carbocycles. The molecule has 2 aromatic heterocycles. The minimum atomic E-state index is -0.0199. The normalized spacial score (nSPS) is 10.8. The van der Waals surface area contributed by atoms with Crippen LogP contribution in [-0.4, -0.2) is 10.9 Å². The Morgan fingerprint density at radius 3 is 2.95 bits per heavy atom. The fourth-order valence-corrected chi connectivity index (χ4v) is 2.42. The number of amides is 1. The van der Waals surface area contributed by atoms with E-state index >= 15 is 0 Å². The highest BCUT2D eigenvalue weighted by molar-refractivity contribution is 5.88. The lowest BCUT2D eigenvalue weighted by Gasteiger charge is -2.04. The fourth-order valence-electron chi connectivity index (χ4n) is 2.42. The third-order valence-corrected chi connectivity index (χ3v) is 3.69. The molecule has 1 N–H and O–H groups in total. The molecule has 4 heteroatoms. The van der Waals surface area contributed by atoms with Gasteiger partial charge in [-0.25, -0.2) is 0 Å². The van der Waals surface area contributed by atoms with Gasteiger partial charge in [0.05, 0.1) is 12.7 Å². The number of nitrogens with zero attached hydrogens (tertiary/aromatic N) is 1. The van der Waals surface area contributed by atoms with Gasteiger partial charge in [-0.1, -0.05) is 19.1 Å². The summed E-state index contributed by atoms with van der Waals surface area (Å²) in [7, 11) is 0. The van der Waals surface area contributed by atoms with Gasteiger partial charge in [-0.05, 0) is 35.7 Å². The third-order valence-electron chi connectivity index (χ3n) is 3.69. The van der Waals surface area contributed by atoms with Crippen LogP contribution in [0.1, 0.15) is 23.6 Å². The predicted octanol–water partition coefficient (Wildman–Crippen LogP) is 3.25. The molecular formula is C18H18N2O2. The Kier molecular flexibility index (Phi) is 4.19. The molecule has 2 heterocycles. The molecule has 112 valence electrons. The average Bonchev–Trinajstić information content (AvgIpc) is 2.96. The van der Waals surface area contributed by atoms with Crippen LogP contribution >= 0.6 is 0 Å². The number of aryl methyl sites for hydroxylation is 1. The van der Waals surface area contributed by atoms with Gasteiger partial charge in [0.15, 0.2) is 0 Å². The maximum absolute atomic E-state index is 12.1. The Morgan fingerprint density at radius 1 is 1.27 bits per heavy atom. The molecule has 1 aromatic carbocycles. The highest BCUT2D eigenvalue weighted by Gasteiger charge is 2.10. The third kappa shape index (κ3) is 3.17. The molecule has 0 fully saturated rings. The van der Waals surface area contributed by atoms with Crippen molar-refractivity contribution in [2.45, 2.75) is 26.3 Å². The van der Waals surface area contributed by atoms with Crippen LogP contribution in [0, 0.1) is 0 Å². The number of fused-ring (bicyclic) bond motifs is 1. The minimum Gasteiger partial charge on any atom is -0.464 e. The highest BCUT2D eigenvalue weighted by Crippen LogP contribution is 2.23. The first-order valence-electron chi connectivity index (χ1n) is 7.41. The first kappa shape index (κ1) is 14.3. The second kappa shape index (κ2) is 6.43. The summed E-state index contributed by atoms with van der Waals surface area (Å²) >= 11 is 0. The standard InChI is InChI=1S/C18H18N2O2/c1-2-13-5-6-17-16(8-13)15(12-22-17)9-18(21)20-11-14-4-3-7-19-10-14/h3-8,10,12H,2,9,11H2,1H3,(H,20,21). The van der Waals surface area contributed by atoms with Crippen LogP contribution < -0.4 is 5.32 Å². The Morgan fingerprint density at radius 2 is 2.18 bits per heavy atom. The van der Waals surface area contributed by atoms with Crippen molar-refractivity contribution in [2.24, 2.45) is 0 Å². The van der Waals surface area contributed by atoms with E-state index in [0.29, 0.717) is 13.0 Å². The molecule has 4 nitrogen and oxygen atoms in total. The number of nitrogens with one attached hydrogen (secondary N) is 1. The number of benzene rings is 1. The number of furan rings is 1. The van der Waals surface area contributed by atoms with Gasteiger partial charge < -0.3 is 9.73 Å². The summed E-state index contributed by atoms with van der Waals surface area (Å²) in [5.74, 6) is -0.0199. The Balaban J connectivity index is 1.68. The molecule has 0 radical (unpaired) electrons. The zero-order valence-corrected chi connectivity index (χ0v) is 12.5. The van der Waals surface area contributed by atoms with Crippen molar-refractivity contribution in [2.75, 3.05) is 0 Å². The number of pyridine rings is 1. The molecule has 0 saturated heterocycles. The summed E-state index contributed by atoms with van der Waals surface area (Å²) in [4.78, 5) is 16.1. The summed E-state index contributed by atoms with van der Waals surface area (Å²) in [6, 6.07) is 9.91. The molecule has 22 heavy (non-hydrogen) atoms. The molecule has 0 aliphatic heterocycles. The van der Waals surface area contributed by atoms with Gasteiger partial charge in [-0.3, -0.25) is 9.78 Å². The van der Waals surface area contributed by atoms with Gasteiger partial charge in [0.2, 0.25) is 5.91 Å². The summed E-state index contributed by atoms with van der Waals surface area (Å²) < 4.78 is 5.52. The van der Waals surface area contributed by atoms with Gasteiger partial charge in [-0.15, -0.1) is 0 Å². The lowest BCUT2D eigenvalue weighted by atomic mass is 10.1. The lowest BCUT2D eigenvalue weighted by Crippen LogP contribution is -2.24. The van der Waals surface area contributed by atoms with Crippen LogP contribution in [0.4, 0.5) is 0 Å². The van der Waals surface area contributed by atoms with E-state index in [2.05, 4.69) is 29.4 Å². The van der Waals surface area contributed by atoms with E-state index in [1.54, 1.807) is 18.7 Å². The number of hydrogen-bond donors (Lipinski definition) is 1. The second-order valence-electron chi connectivity index (χ2n) is 5.26. The molecule has 3 aromatic rings. The topological polar surface area (TPSA) is 55.1 Å². The molecule has 0 aliphatic rings. The Bertz CT molecular complexity index is 778. The zero-order chi connectivity index (χ0) is 15.4. The number of hydrogen-bond acceptors (Lipinski definition) is 3. The number of rotatable bonds is 5. The van der Waals surface area contributed by atoms with Crippen molar-refractivity contribution in [3.05, 3.63) is 65.7 Å². The van der Waals surface area contributed by atoms with Crippen molar-refractivity contribution in [3.63, 3.8) is 0 Å². The van der Waals surface area contributed by atoms with Crippen molar-refractivity contribution in [1.82, 2.24) is 10.3 Å². The van der Waals surface area contributed by atoms with Gasteiger partial charge in [0.1, 0.15) is 5.58 Å². The van der Waals surface area contributed by atoms with Crippen LogP contribution in [0.5, 0.6) is 0 Å². The van der Waals surface area contributed by atoms with E-state index in [4.69, 9.17) is 4.42 Å². The molecule has 0 unspecified atom stereocenters. The van der Waals surface area contributed by atoms with Crippen LogP contribution in [0.15, 0.2) is 53.4 Å².